The first kappa shape index (κ1) is 20.1. The molecule has 3 amide bonds. The van der Waals surface area contributed by atoms with Crippen LogP contribution in [0, 0.1) is 11.3 Å². The number of rotatable bonds is 5. The highest BCUT2D eigenvalue weighted by Gasteiger charge is 2.42. The topological polar surface area (TPSA) is 73.0 Å². The van der Waals surface area contributed by atoms with Crippen LogP contribution in [-0.2, 0) is 14.4 Å². The lowest BCUT2D eigenvalue weighted by Crippen LogP contribution is -2.57. The van der Waals surface area contributed by atoms with Gasteiger partial charge in [0.25, 0.3) is 0 Å². The second-order valence-electron chi connectivity index (χ2n) is 8.98. The van der Waals surface area contributed by atoms with Gasteiger partial charge in [-0.25, -0.2) is 0 Å². The molecule has 1 N–H and O–H groups in total. The SMILES string of the molecule is CC(C)CCN1C[C@@]2(CCCN(C(=O)CN3CCNC(=O)C3)C2)CCC1=O. The van der Waals surface area contributed by atoms with Crippen molar-refractivity contribution >= 4 is 17.7 Å². The summed E-state index contributed by atoms with van der Waals surface area (Å²) in [7, 11) is 0. The first-order valence-corrected chi connectivity index (χ1v) is 10.4. The molecule has 3 saturated heterocycles. The average Bonchev–Trinajstić information content (AvgIpc) is 2.63. The highest BCUT2D eigenvalue weighted by atomic mass is 16.2. The van der Waals surface area contributed by atoms with Crippen molar-refractivity contribution in [2.45, 2.75) is 46.0 Å². The van der Waals surface area contributed by atoms with Gasteiger partial charge in [-0.3, -0.25) is 19.3 Å². The van der Waals surface area contributed by atoms with Gasteiger partial charge >= 0.3 is 0 Å². The Morgan fingerprint density at radius 3 is 2.74 bits per heavy atom. The Hall–Kier alpha value is -1.63. The second kappa shape index (κ2) is 8.59. The first-order valence-electron chi connectivity index (χ1n) is 10.4. The summed E-state index contributed by atoms with van der Waals surface area (Å²) >= 11 is 0. The lowest BCUT2D eigenvalue weighted by atomic mass is 9.73. The summed E-state index contributed by atoms with van der Waals surface area (Å²) in [4.78, 5) is 42.7. The summed E-state index contributed by atoms with van der Waals surface area (Å²) in [6.45, 7) is 9.50. The van der Waals surface area contributed by atoms with E-state index in [0.717, 1.165) is 58.4 Å². The van der Waals surface area contributed by atoms with E-state index in [1.165, 1.54) is 0 Å². The first-order chi connectivity index (χ1) is 12.9. The molecule has 0 aromatic carbocycles. The smallest absolute Gasteiger partial charge is 0.236 e. The number of nitrogens with zero attached hydrogens (tertiary/aromatic N) is 3. The van der Waals surface area contributed by atoms with Crippen LogP contribution in [0.5, 0.6) is 0 Å². The van der Waals surface area contributed by atoms with Crippen molar-refractivity contribution in [3.05, 3.63) is 0 Å². The Kier molecular flexibility index (Phi) is 6.40. The molecule has 0 bridgehead atoms. The molecule has 1 spiro atoms. The minimum absolute atomic E-state index is 0.00393. The molecule has 3 rings (SSSR count). The van der Waals surface area contributed by atoms with E-state index < -0.39 is 0 Å². The number of hydrogen-bond acceptors (Lipinski definition) is 4. The van der Waals surface area contributed by atoms with Crippen LogP contribution in [0.4, 0.5) is 0 Å². The molecule has 1 atom stereocenters. The van der Waals surface area contributed by atoms with Crippen molar-refractivity contribution in [1.29, 1.82) is 0 Å². The molecule has 0 aromatic rings. The Balaban J connectivity index is 1.58. The molecule has 3 fully saturated rings. The van der Waals surface area contributed by atoms with E-state index in [-0.39, 0.29) is 23.1 Å². The molecular weight excluding hydrogens is 344 g/mol. The predicted octanol–water partition coefficient (Wildman–Crippen LogP) is 0.696. The van der Waals surface area contributed by atoms with E-state index >= 15 is 0 Å². The number of piperidine rings is 2. The quantitative estimate of drug-likeness (QED) is 0.764. The normalized spacial score (nSPS) is 27.4. The number of nitrogens with one attached hydrogen (secondary N) is 1. The molecule has 0 saturated carbocycles. The van der Waals surface area contributed by atoms with Crippen LogP contribution in [0.15, 0.2) is 0 Å². The lowest BCUT2D eigenvalue weighted by Gasteiger charge is -2.48. The standard InChI is InChI=1S/C20H34N4O3/c1-16(2)5-10-24-15-20(7-4-18(24)26)6-3-9-23(14-20)19(27)13-22-11-8-21-17(25)12-22/h16H,3-15H2,1-2H3,(H,21,25)/t20-/m0/s1. The molecule has 3 aliphatic heterocycles. The van der Waals surface area contributed by atoms with Crippen LogP contribution in [0.25, 0.3) is 0 Å². The van der Waals surface area contributed by atoms with Gasteiger partial charge in [-0.1, -0.05) is 13.8 Å². The maximum Gasteiger partial charge on any atom is 0.236 e. The number of carbonyl (C=O) groups is 3. The minimum Gasteiger partial charge on any atom is -0.354 e. The number of hydrogen-bond donors (Lipinski definition) is 1. The number of carbonyl (C=O) groups excluding carboxylic acids is 3. The molecule has 3 aliphatic rings. The molecule has 3 heterocycles. The molecule has 0 aromatic heterocycles. The maximum absolute atomic E-state index is 12.8. The van der Waals surface area contributed by atoms with Crippen LogP contribution in [0.2, 0.25) is 0 Å². The fourth-order valence-corrected chi connectivity index (χ4v) is 4.59. The van der Waals surface area contributed by atoms with Gasteiger partial charge in [-0.15, -0.1) is 0 Å². The van der Waals surface area contributed by atoms with Crippen molar-refractivity contribution in [2.75, 3.05) is 52.4 Å². The van der Waals surface area contributed by atoms with Gasteiger partial charge in [0, 0.05) is 51.1 Å². The summed E-state index contributed by atoms with van der Waals surface area (Å²) in [5, 5.41) is 2.80. The molecule has 0 aliphatic carbocycles. The van der Waals surface area contributed by atoms with Gasteiger partial charge in [-0.2, -0.15) is 0 Å². The summed E-state index contributed by atoms with van der Waals surface area (Å²) in [6, 6.07) is 0. The lowest BCUT2D eigenvalue weighted by molar-refractivity contribution is -0.143. The van der Waals surface area contributed by atoms with Crippen LogP contribution < -0.4 is 5.32 Å². The van der Waals surface area contributed by atoms with Gasteiger partial charge in [0.15, 0.2) is 0 Å². The van der Waals surface area contributed by atoms with Gasteiger partial charge < -0.3 is 15.1 Å². The number of amides is 3. The Bertz CT molecular complexity index is 580. The summed E-state index contributed by atoms with van der Waals surface area (Å²) < 4.78 is 0. The largest absolute Gasteiger partial charge is 0.354 e. The Labute approximate surface area is 162 Å². The minimum atomic E-state index is -0.00393. The van der Waals surface area contributed by atoms with Crippen LogP contribution in [0.3, 0.4) is 0 Å². The zero-order valence-electron chi connectivity index (χ0n) is 16.8. The van der Waals surface area contributed by atoms with Crippen molar-refractivity contribution < 1.29 is 14.4 Å². The number of piperazine rings is 1. The molecule has 27 heavy (non-hydrogen) atoms. The summed E-state index contributed by atoms with van der Waals surface area (Å²) in [5.74, 6) is 0.969. The van der Waals surface area contributed by atoms with Crippen LogP contribution >= 0.6 is 0 Å². The number of likely N-dealkylation sites (tertiary alicyclic amines) is 2. The molecular formula is C20H34N4O3. The highest BCUT2D eigenvalue weighted by molar-refractivity contribution is 5.82. The zero-order chi connectivity index (χ0) is 19.4. The monoisotopic (exact) mass is 378 g/mol. The fourth-order valence-electron chi connectivity index (χ4n) is 4.59. The predicted molar refractivity (Wildman–Crippen MR) is 103 cm³/mol. The van der Waals surface area contributed by atoms with Gasteiger partial charge in [-0.05, 0) is 31.6 Å². The van der Waals surface area contributed by atoms with Crippen molar-refractivity contribution in [2.24, 2.45) is 11.3 Å². The summed E-state index contributed by atoms with van der Waals surface area (Å²) in [6.07, 6.45) is 4.61. The second-order valence-corrected chi connectivity index (χ2v) is 8.98. The van der Waals surface area contributed by atoms with Crippen LogP contribution in [0.1, 0.15) is 46.0 Å². The zero-order valence-corrected chi connectivity index (χ0v) is 16.8. The molecule has 152 valence electrons. The van der Waals surface area contributed by atoms with Gasteiger partial charge in [0.1, 0.15) is 0 Å². The third-order valence-electron chi connectivity index (χ3n) is 6.21. The van der Waals surface area contributed by atoms with Crippen molar-refractivity contribution in [1.82, 2.24) is 20.0 Å². The summed E-state index contributed by atoms with van der Waals surface area (Å²) in [5.41, 5.74) is 0.0536. The van der Waals surface area contributed by atoms with Gasteiger partial charge in [0.2, 0.25) is 17.7 Å². The molecule has 0 unspecified atom stereocenters. The Morgan fingerprint density at radius 2 is 2.00 bits per heavy atom. The molecule has 0 radical (unpaired) electrons. The Morgan fingerprint density at radius 1 is 1.19 bits per heavy atom. The van der Waals surface area contributed by atoms with E-state index in [9.17, 15) is 14.4 Å². The third kappa shape index (κ3) is 5.21. The molecule has 7 heteroatoms. The molecule has 7 nitrogen and oxygen atoms in total. The van der Waals surface area contributed by atoms with E-state index in [4.69, 9.17) is 0 Å². The maximum atomic E-state index is 12.8. The van der Waals surface area contributed by atoms with E-state index in [1.807, 2.05) is 14.7 Å². The average molecular weight is 379 g/mol. The van der Waals surface area contributed by atoms with E-state index in [0.29, 0.717) is 32.0 Å². The third-order valence-corrected chi connectivity index (χ3v) is 6.21. The van der Waals surface area contributed by atoms with Crippen LogP contribution in [-0.4, -0.2) is 84.8 Å². The van der Waals surface area contributed by atoms with Crippen molar-refractivity contribution in [3.63, 3.8) is 0 Å². The van der Waals surface area contributed by atoms with Crippen molar-refractivity contribution in [3.8, 4) is 0 Å². The van der Waals surface area contributed by atoms with E-state index in [1.54, 1.807) is 0 Å². The van der Waals surface area contributed by atoms with E-state index in [2.05, 4.69) is 19.2 Å². The highest BCUT2D eigenvalue weighted by Crippen LogP contribution is 2.39. The van der Waals surface area contributed by atoms with Gasteiger partial charge in [0.05, 0.1) is 13.1 Å². The fraction of sp³-hybridized carbons (Fsp3) is 0.850.